The van der Waals surface area contributed by atoms with Gasteiger partial charge < -0.3 is 9.64 Å². The van der Waals surface area contributed by atoms with E-state index in [4.69, 9.17) is 4.74 Å². The van der Waals surface area contributed by atoms with Gasteiger partial charge in [-0.3, -0.25) is 14.4 Å². The number of benzene rings is 2. The summed E-state index contributed by atoms with van der Waals surface area (Å²) in [5, 5.41) is 0. The first kappa shape index (κ1) is 21.1. The number of ketones is 1. The molecule has 2 aromatic rings. The van der Waals surface area contributed by atoms with E-state index in [-0.39, 0.29) is 30.2 Å². The lowest BCUT2D eigenvalue weighted by Crippen LogP contribution is -2.48. The van der Waals surface area contributed by atoms with Crippen LogP contribution in [-0.2, 0) is 19.1 Å². The fourth-order valence-electron chi connectivity index (χ4n) is 5.37. The maximum atomic E-state index is 13.6. The van der Waals surface area contributed by atoms with Crippen molar-refractivity contribution in [3.05, 3.63) is 65.2 Å². The molecule has 7 nitrogen and oxygen atoms in total. The number of fused-ring (bicyclic) bond motifs is 5. The molecule has 0 saturated carbocycles. The molecule has 2 fully saturated rings. The number of imide groups is 1. The predicted octanol–water partition coefficient (Wildman–Crippen LogP) is 3.15. The molecule has 2 aromatic carbocycles. The molecule has 2 amide bonds. The third kappa shape index (κ3) is 3.10. The Kier molecular flexibility index (Phi) is 4.92. The molecule has 3 aliphatic heterocycles. The molecule has 0 spiro atoms. The molecule has 3 heterocycles. The van der Waals surface area contributed by atoms with Crippen molar-refractivity contribution in [2.75, 3.05) is 16.4 Å². The number of carbonyl (C=O) groups is 4. The van der Waals surface area contributed by atoms with Crippen LogP contribution in [-0.4, -0.2) is 42.3 Å². The zero-order valence-electron chi connectivity index (χ0n) is 18.6. The van der Waals surface area contributed by atoms with Crippen molar-refractivity contribution in [2.45, 2.75) is 32.9 Å². The minimum absolute atomic E-state index is 0.144. The van der Waals surface area contributed by atoms with Crippen LogP contribution in [0.1, 0.15) is 35.3 Å². The Hall–Kier alpha value is -3.74. The predicted molar refractivity (Wildman–Crippen MR) is 123 cm³/mol. The van der Waals surface area contributed by atoms with Crippen molar-refractivity contribution in [1.29, 1.82) is 0 Å². The van der Waals surface area contributed by atoms with Crippen LogP contribution in [0.4, 0.5) is 11.4 Å². The molecule has 168 valence electrons. The average molecular weight is 444 g/mol. The van der Waals surface area contributed by atoms with Crippen molar-refractivity contribution in [2.24, 2.45) is 11.8 Å². The highest BCUT2D eigenvalue weighted by molar-refractivity contribution is 6.24. The second-order valence-corrected chi connectivity index (χ2v) is 8.71. The number of carbonyl (C=O) groups excluding carboxylic acids is 4. The number of amides is 2. The Morgan fingerprint density at radius 3 is 2.36 bits per heavy atom. The minimum atomic E-state index is -0.762. The van der Waals surface area contributed by atoms with Gasteiger partial charge in [0.2, 0.25) is 11.8 Å². The number of hydrogen-bond donors (Lipinski definition) is 0. The van der Waals surface area contributed by atoms with Crippen molar-refractivity contribution < 1.29 is 23.9 Å². The summed E-state index contributed by atoms with van der Waals surface area (Å²) < 4.78 is 4.99. The van der Waals surface area contributed by atoms with Gasteiger partial charge in [-0.2, -0.15) is 0 Å². The number of ether oxygens (including phenoxy) is 1. The van der Waals surface area contributed by atoms with Crippen LogP contribution >= 0.6 is 0 Å². The van der Waals surface area contributed by atoms with E-state index < -0.39 is 23.8 Å². The van der Waals surface area contributed by atoms with Gasteiger partial charge in [-0.15, -0.1) is 0 Å². The molecule has 0 radical (unpaired) electrons. The van der Waals surface area contributed by atoms with Gasteiger partial charge in [-0.25, -0.2) is 9.69 Å². The van der Waals surface area contributed by atoms with Crippen LogP contribution in [0.5, 0.6) is 0 Å². The van der Waals surface area contributed by atoms with E-state index in [9.17, 15) is 19.2 Å². The summed E-state index contributed by atoms with van der Waals surface area (Å²) in [6.45, 7) is 5.46. The number of esters is 1. The van der Waals surface area contributed by atoms with Crippen LogP contribution in [0.2, 0.25) is 0 Å². The summed E-state index contributed by atoms with van der Waals surface area (Å²) in [5.74, 6) is -2.73. The first-order chi connectivity index (χ1) is 15.8. The van der Waals surface area contributed by atoms with E-state index in [0.29, 0.717) is 11.3 Å². The van der Waals surface area contributed by atoms with Crippen molar-refractivity contribution in [3.8, 4) is 0 Å². The fourth-order valence-corrected chi connectivity index (χ4v) is 5.37. The Bertz CT molecular complexity index is 1220. The van der Waals surface area contributed by atoms with Gasteiger partial charge >= 0.3 is 5.97 Å². The summed E-state index contributed by atoms with van der Waals surface area (Å²) in [5.41, 5.74) is 3.67. The Balaban J connectivity index is 1.52. The maximum absolute atomic E-state index is 13.6. The summed E-state index contributed by atoms with van der Waals surface area (Å²) in [4.78, 5) is 55.0. The second-order valence-electron chi connectivity index (χ2n) is 8.71. The van der Waals surface area contributed by atoms with Gasteiger partial charge in [0.15, 0.2) is 5.78 Å². The Morgan fingerprint density at radius 1 is 1.00 bits per heavy atom. The third-order valence-corrected chi connectivity index (χ3v) is 6.71. The Labute approximate surface area is 191 Å². The molecule has 0 bridgehead atoms. The van der Waals surface area contributed by atoms with Crippen molar-refractivity contribution in [1.82, 2.24) is 0 Å². The standard InChI is InChI=1S/C26H24N2O5/c1-4-33-26(32)16-6-9-18(10-7-16)27-24(30)21-20-12-8-17-13-14(2)5-11-19(17)28(20)23(15(3)29)22(21)25(27)31/h5-13,20-23H,4H2,1-3H3/t20-,21-,22-,23-/m1/s1. The van der Waals surface area contributed by atoms with E-state index in [1.54, 1.807) is 19.1 Å². The monoisotopic (exact) mass is 444 g/mol. The lowest BCUT2D eigenvalue weighted by atomic mass is 9.88. The summed E-state index contributed by atoms with van der Waals surface area (Å²) >= 11 is 0. The number of aryl methyl sites for hydroxylation is 1. The van der Waals surface area contributed by atoms with Gasteiger partial charge in [0.05, 0.1) is 35.7 Å². The summed E-state index contributed by atoms with van der Waals surface area (Å²) in [6.07, 6.45) is 3.90. The van der Waals surface area contributed by atoms with Gasteiger partial charge in [0.25, 0.3) is 0 Å². The number of anilines is 2. The first-order valence-corrected chi connectivity index (χ1v) is 11.1. The largest absolute Gasteiger partial charge is 0.462 e. The number of rotatable bonds is 4. The fraction of sp³-hybridized carbons (Fsp3) is 0.308. The number of nitrogens with zero attached hydrogens (tertiary/aromatic N) is 2. The zero-order valence-corrected chi connectivity index (χ0v) is 18.6. The molecule has 33 heavy (non-hydrogen) atoms. The van der Waals surface area contributed by atoms with E-state index in [1.165, 1.54) is 19.1 Å². The van der Waals surface area contributed by atoms with Crippen LogP contribution in [0, 0.1) is 18.8 Å². The van der Waals surface area contributed by atoms with Crippen molar-refractivity contribution in [3.63, 3.8) is 0 Å². The van der Waals surface area contributed by atoms with Crippen LogP contribution in [0.3, 0.4) is 0 Å². The molecule has 3 aliphatic rings. The maximum Gasteiger partial charge on any atom is 0.338 e. The van der Waals surface area contributed by atoms with E-state index >= 15 is 0 Å². The lowest BCUT2D eigenvalue weighted by molar-refractivity contribution is -0.126. The molecule has 7 heteroatoms. The summed E-state index contributed by atoms with van der Waals surface area (Å²) in [7, 11) is 0. The molecule has 2 saturated heterocycles. The lowest BCUT2D eigenvalue weighted by Gasteiger charge is -2.36. The van der Waals surface area contributed by atoms with Crippen LogP contribution < -0.4 is 9.80 Å². The summed E-state index contributed by atoms with van der Waals surface area (Å²) in [6, 6.07) is 11.1. The number of Topliss-reactive ketones (excluding diaryl/α,β-unsaturated/α-hetero) is 1. The molecule has 5 rings (SSSR count). The highest BCUT2D eigenvalue weighted by Crippen LogP contribution is 2.49. The topological polar surface area (TPSA) is 84.0 Å². The van der Waals surface area contributed by atoms with E-state index in [1.807, 2.05) is 42.2 Å². The SMILES string of the molecule is CCOC(=O)c1ccc(N2C(=O)[C@@H]3[C@H](C2=O)[C@H]2C=Cc4cc(C)ccc4N2[C@@H]3C(C)=O)cc1. The third-order valence-electron chi connectivity index (χ3n) is 6.71. The van der Waals surface area contributed by atoms with Gasteiger partial charge in [-0.05, 0) is 62.7 Å². The van der Waals surface area contributed by atoms with E-state index in [2.05, 4.69) is 0 Å². The smallest absolute Gasteiger partial charge is 0.338 e. The highest BCUT2D eigenvalue weighted by atomic mass is 16.5. The molecule has 0 aromatic heterocycles. The first-order valence-electron chi connectivity index (χ1n) is 11.1. The molecule has 0 aliphatic carbocycles. The van der Waals surface area contributed by atoms with Gasteiger partial charge in [-0.1, -0.05) is 23.8 Å². The van der Waals surface area contributed by atoms with E-state index in [0.717, 1.165) is 21.7 Å². The second kappa shape index (κ2) is 7.69. The van der Waals surface area contributed by atoms with Crippen molar-refractivity contribution >= 4 is 41.0 Å². The average Bonchev–Trinajstić information content (AvgIpc) is 3.27. The zero-order chi connectivity index (χ0) is 23.4. The Morgan fingerprint density at radius 2 is 1.70 bits per heavy atom. The minimum Gasteiger partial charge on any atom is -0.462 e. The molecular formula is C26H24N2O5. The quantitative estimate of drug-likeness (QED) is 0.532. The molecule has 0 unspecified atom stereocenters. The van der Waals surface area contributed by atoms with Gasteiger partial charge in [0, 0.05) is 5.69 Å². The normalized spacial score (nSPS) is 25.1. The van der Waals surface area contributed by atoms with Crippen LogP contribution in [0.25, 0.3) is 6.08 Å². The molecule has 0 N–H and O–H groups in total. The number of hydrogen-bond acceptors (Lipinski definition) is 6. The highest BCUT2D eigenvalue weighted by Gasteiger charge is 2.63. The van der Waals surface area contributed by atoms with Gasteiger partial charge in [0.1, 0.15) is 6.04 Å². The molecular weight excluding hydrogens is 420 g/mol. The molecule has 4 atom stereocenters. The van der Waals surface area contributed by atoms with Crippen LogP contribution in [0.15, 0.2) is 48.5 Å².